The van der Waals surface area contributed by atoms with Crippen molar-refractivity contribution in [3.63, 3.8) is 0 Å². The first-order valence-electron chi connectivity index (χ1n) is 7.05. The van der Waals surface area contributed by atoms with E-state index in [9.17, 15) is 4.79 Å². The molecule has 0 bridgehead atoms. The van der Waals surface area contributed by atoms with Crippen molar-refractivity contribution in [2.24, 2.45) is 5.92 Å². The minimum absolute atomic E-state index is 0.118. The second kappa shape index (κ2) is 5.55. The van der Waals surface area contributed by atoms with Gasteiger partial charge < -0.3 is 5.32 Å². The monoisotopic (exact) mass is 249 g/mol. The van der Waals surface area contributed by atoms with Crippen molar-refractivity contribution >= 4 is 5.91 Å². The molecule has 1 aliphatic heterocycles. The van der Waals surface area contributed by atoms with Crippen LogP contribution in [0.1, 0.15) is 44.4 Å². The van der Waals surface area contributed by atoms with Gasteiger partial charge in [-0.05, 0) is 38.2 Å². The van der Waals surface area contributed by atoms with Gasteiger partial charge in [0.25, 0.3) is 0 Å². The zero-order chi connectivity index (χ0) is 13.1. The maximum absolute atomic E-state index is 11.9. The SMILES string of the molecule is CC.Cc1cnn2c1CCC(C(=O)NC1CC1)C2. The molecule has 0 radical (unpaired) electrons. The Morgan fingerprint density at radius 2 is 2.11 bits per heavy atom. The van der Waals surface area contributed by atoms with Crippen LogP contribution >= 0.6 is 0 Å². The van der Waals surface area contributed by atoms with E-state index in [4.69, 9.17) is 0 Å². The highest BCUT2D eigenvalue weighted by molar-refractivity contribution is 5.79. The fourth-order valence-electron chi connectivity index (χ4n) is 2.36. The van der Waals surface area contributed by atoms with Gasteiger partial charge in [-0.15, -0.1) is 0 Å². The molecule has 0 aromatic carbocycles. The summed E-state index contributed by atoms with van der Waals surface area (Å²) >= 11 is 0. The first-order valence-corrected chi connectivity index (χ1v) is 7.05. The van der Waals surface area contributed by atoms with Crippen molar-refractivity contribution in [1.29, 1.82) is 0 Å². The van der Waals surface area contributed by atoms with Crippen LogP contribution in [0, 0.1) is 12.8 Å². The number of rotatable bonds is 2. The van der Waals surface area contributed by atoms with E-state index in [1.165, 1.54) is 11.3 Å². The minimum atomic E-state index is 0.118. The molecule has 0 spiro atoms. The third-order valence-electron chi connectivity index (χ3n) is 3.57. The Balaban J connectivity index is 0.000000574. The molecule has 1 N–H and O–H groups in total. The molecule has 1 atom stereocenters. The minimum Gasteiger partial charge on any atom is -0.353 e. The van der Waals surface area contributed by atoms with Crippen molar-refractivity contribution in [2.45, 2.75) is 59.0 Å². The predicted molar refractivity (Wildman–Crippen MR) is 71.3 cm³/mol. The quantitative estimate of drug-likeness (QED) is 0.872. The molecule has 1 aliphatic carbocycles. The summed E-state index contributed by atoms with van der Waals surface area (Å²) in [5.74, 6) is 0.341. The number of hydrogen-bond acceptors (Lipinski definition) is 2. The van der Waals surface area contributed by atoms with Crippen LogP contribution in [0.25, 0.3) is 0 Å². The number of carbonyl (C=O) groups is 1. The Bertz CT molecular complexity index is 421. The zero-order valence-corrected chi connectivity index (χ0v) is 11.6. The van der Waals surface area contributed by atoms with Crippen LogP contribution in [0.4, 0.5) is 0 Å². The first kappa shape index (κ1) is 13.1. The Kier molecular flexibility index (Phi) is 4.04. The average Bonchev–Trinajstić information content (AvgIpc) is 3.14. The smallest absolute Gasteiger partial charge is 0.225 e. The summed E-state index contributed by atoms with van der Waals surface area (Å²) in [4.78, 5) is 11.9. The average molecular weight is 249 g/mol. The van der Waals surface area contributed by atoms with Gasteiger partial charge in [-0.1, -0.05) is 13.8 Å². The van der Waals surface area contributed by atoms with Gasteiger partial charge >= 0.3 is 0 Å². The topological polar surface area (TPSA) is 46.9 Å². The second-order valence-electron chi connectivity index (χ2n) is 4.97. The van der Waals surface area contributed by atoms with Gasteiger partial charge in [-0.2, -0.15) is 5.10 Å². The van der Waals surface area contributed by atoms with Gasteiger partial charge in [0, 0.05) is 11.7 Å². The third-order valence-corrected chi connectivity index (χ3v) is 3.57. The van der Waals surface area contributed by atoms with Crippen LogP contribution < -0.4 is 5.32 Å². The number of nitrogens with one attached hydrogen (secondary N) is 1. The summed E-state index contributed by atoms with van der Waals surface area (Å²) in [6.07, 6.45) is 6.16. The number of aromatic nitrogens is 2. The summed E-state index contributed by atoms with van der Waals surface area (Å²) in [5, 5.41) is 7.40. The molecule has 1 aromatic heterocycles. The molecule has 0 saturated heterocycles. The van der Waals surface area contributed by atoms with Crippen molar-refractivity contribution in [3.05, 3.63) is 17.5 Å². The normalized spacial score (nSPS) is 21.6. The highest BCUT2D eigenvalue weighted by Crippen LogP contribution is 2.24. The van der Waals surface area contributed by atoms with Crippen LogP contribution in [0.2, 0.25) is 0 Å². The Morgan fingerprint density at radius 1 is 1.39 bits per heavy atom. The maximum atomic E-state index is 11.9. The van der Waals surface area contributed by atoms with E-state index >= 15 is 0 Å². The van der Waals surface area contributed by atoms with Crippen LogP contribution in [0.3, 0.4) is 0 Å². The molecular weight excluding hydrogens is 226 g/mol. The van der Waals surface area contributed by atoms with Gasteiger partial charge in [0.15, 0.2) is 0 Å². The van der Waals surface area contributed by atoms with Gasteiger partial charge in [-0.25, -0.2) is 0 Å². The lowest BCUT2D eigenvalue weighted by molar-refractivity contribution is -0.126. The largest absolute Gasteiger partial charge is 0.353 e. The molecule has 2 heterocycles. The molecule has 100 valence electrons. The van der Waals surface area contributed by atoms with E-state index in [1.807, 2.05) is 24.7 Å². The summed E-state index contributed by atoms with van der Waals surface area (Å²) in [6, 6.07) is 0.466. The van der Waals surface area contributed by atoms with Crippen LogP contribution in [-0.4, -0.2) is 21.7 Å². The lowest BCUT2D eigenvalue weighted by Gasteiger charge is -2.23. The maximum Gasteiger partial charge on any atom is 0.225 e. The summed E-state index contributed by atoms with van der Waals surface area (Å²) in [7, 11) is 0. The predicted octanol–water partition coefficient (Wildman–Crippen LogP) is 2.06. The highest BCUT2D eigenvalue weighted by Gasteiger charge is 2.30. The molecule has 18 heavy (non-hydrogen) atoms. The number of carbonyl (C=O) groups excluding carboxylic acids is 1. The molecule has 4 nitrogen and oxygen atoms in total. The molecule has 4 heteroatoms. The number of hydrogen-bond donors (Lipinski definition) is 1. The number of aryl methyl sites for hydroxylation is 1. The lowest BCUT2D eigenvalue weighted by Crippen LogP contribution is -2.37. The van der Waals surface area contributed by atoms with Crippen LogP contribution in [0.5, 0.6) is 0 Å². The summed E-state index contributed by atoms with van der Waals surface area (Å²) in [6.45, 7) is 6.84. The fourth-order valence-corrected chi connectivity index (χ4v) is 2.36. The molecule has 1 fully saturated rings. The van der Waals surface area contributed by atoms with Crippen molar-refractivity contribution < 1.29 is 4.79 Å². The molecule has 1 unspecified atom stereocenters. The molecular formula is C14H23N3O. The van der Waals surface area contributed by atoms with E-state index < -0.39 is 0 Å². The van der Waals surface area contributed by atoms with Gasteiger partial charge in [0.05, 0.1) is 18.7 Å². The molecule has 1 saturated carbocycles. The highest BCUT2D eigenvalue weighted by atomic mass is 16.2. The molecule has 1 aromatic rings. The zero-order valence-electron chi connectivity index (χ0n) is 11.6. The van der Waals surface area contributed by atoms with E-state index in [1.54, 1.807) is 0 Å². The number of amides is 1. The standard InChI is InChI=1S/C12H17N3O.C2H6/c1-8-6-13-15-7-9(2-5-11(8)15)12(16)14-10-3-4-10;1-2/h6,9-10H,2-5,7H2,1H3,(H,14,16);1-2H3. The number of fused-ring (bicyclic) bond motifs is 1. The third kappa shape index (κ3) is 2.74. The van der Waals surface area contributed by atoms with Gasteiger partial charge in [-0.3, -0.25) is 9.48 Å². The van der Waals surface area contributed by atoms with E-state index in [2.05, 4.69) is 17.3 Å². The summed E-state index contributed by atoms with van der Waals surface area (Å²) < 4.78 is 2.00. The van der Waals surface area contributed by atoms with Crippen molar-refractivity contribution in [1.82, 2.24) is 15.1 Å². The van der Waals surface area contributed by atoms with Crippen LogP contribution in [-0.2, 0) is 17.8 Å². The van der Waals surface area contributed by atoms with E-state index in [-0.39, 0.29) is 11.8 Å². The van der Waals surface area contributed by atoms with Crippen molar-refractivity contribution in [2.75, 3.05) is 0 Å². The second-order valence-corrected chi connectivity index (χ2v) is 4.97. The van der Waals surface area contributed by atoms with Crippen molar-refractivity contribution in [3.8, 4) is 0 Å². The Morgan fingerprint density at radius 3 is 2.78 bits per heavy atom. The lowest BCUT2D eigenvalue weighted by atomic mass is 9.96. The molecule has 2 aliphatic rings. The van der Waals surface area contributed by atoms with E-state index in [0.717, 1.165) is 32.2 Å². The summed E-state index contributed by atoms with van der Waals surface area (Å²) in [5.41, 5.74) is 2.55. The van der Waals surface area contributed by atoms with Gasteiger partial charge in [0.2, 0.25) is 5.91 Å². The number of nitrogens with zero attached hydrogens (tertiary/aromatic N) is 2. The molecule has 3 rings (SSSR count). The van der Waals surface area contributed by atoms with E-state index in [0.29, 0.717) is 6.04 Å². The molecule has 1 amide bonds. The van der Waals surface area contributed by atoms with Crippen LogP contribution in [0.15, 0.2) is 6.20 Å². The fraction of sp³-hybridized carbons (Fsp3) is 0.714. The Labute approximate surface area is 109 Å². The Hall–Kier alpha value is -1.32. The van der Waals surface area contributed by atoms with Gasteiger partial charge in [0.1, 0.15) is 0 Å². The first-order chi connectivity index (χ1) is 8.74.